The molecule has 0 aliphatic heterocycles. The van der Waals surface area contributed by atoms with Gasteiger partial charge in [0.15, 0.2) is 0 Å². The minimum absolute atomic E-state index is 0.157. The van der Waals surface area contributed by atoms with E-state index in [2.05, 4.69) is 56.8 Å². The fourth-order valence-electron chi connectivity index (χ4n) is 4.69. The SMILES string of the molecule is C[N+](C)(C)c1ccc(CNC(=O)c2cc3cc(OCc4ccccc4)ccc3n2Cc2cccc(C#N)c2)cc1. The highest BCUT2D eigenvalue weighted by atomic mass is 16.5. The third-order valence-corrected chi connectivity index (χ3v) is 6.91. The molecular weight excluding hydrogens is 496 g/mol. The van der Waals surface area contributed by atoms with E-state index in [1.807, 2.05) is 77.4 Å². The summed E-state index contributed by atoms with van der Waals surface area (Å²) in [6, 6.07) is 35.8. The molecule has 5 aromatic rings. The molecule has 200 valence electrons. The van der Waals surface area contributed by atoms with Crippen LogP contribution in [0, 0.1) is 11.3 Å². The second-order valence-electron chi connectivity index (χ2n) is 10.8. The fraction of sp³-hybridized carbons (Fsp3) is 0.176. The zero-order chi connectivity index (χ0) is 28.1. The summed E-state index contributed by atoms with van der Waals surface area (Å²) in [5.74, 6) is 0.583. The average molecular weight is 530 g/mol. The molecule has 1 aromatic heterocycles. The van der Waals surface area contributed by atoms with Crippen LogP contribution in [0.4, 0.5) is 5.69 Å². The molecule has 0 bridgehead atoms. The molecule has 5 rings (SSSR count). The minimum Gasteiger partial charge on any atom is -0.489 e. The Morgan fingerprint density at radius 1 is 0.850 bits per heavy atom. The van der Waals surface area contributed by atoms with E-state index >= 15 is 0 Å². The van der Waals surface area contributed by atoms with Gasteiger partial charge in [0.25, 0.3) is 5.91 Å². The largest absolute Gasteiger partial charge is 0.489 e. The highest BCUT2D eigenvalue weighted by Crippen LogP contribution is 2.27. The number of ether oxygens (including phenoxy) is 1. The highest BCUT2D eigenvalue weighted by molar-refractivity contribution is 5.99. The second kappa shape index (κ2) is 11.5. The molecule has 1 amide bonds. The third-order valence-electron chi connectivity index (χ3n) is 6.91. The number of rotatable bonds is 9. The van der Waals surface area contributed by atoms with Crippen LogP contribution in [0.1, 0.15) is 32.7 Å². The predicted molar refractivity (Wildman–Crippen MR) is 160 cm³/mol. The Morgan fingerprint density at radius 3 is 2.33 bits per heavy atom. The van der Waals surface area contributed by atoms with Crippen LogP contribution in [0.3, 0.4) is 0 Å². The van der Waals surface area contributed by atoms with Crippen molar-refractivity contribution < 1.29 is 9.53 Å². The quantitative estimate of drug-likeness (QED) is 0.229. The van der Waals surface area contributed by atoms with Gasteiger partial charge >= 0.3 is 0 Å². The van der Waals surface area contributed by atoms with Crippen molar-refractivity contribution in [2.45, 2.75) is 19.7 Å². The molecule has 40 heavy (non-hydrogen) atoms. The normalized spacial score (nSPS) is 11.2. The van der Waals surface area contributed by atoms with Gasteiger partial charge in [0.2, 0.25) is 0 Å². The van der Waals surface area contributed by atoms with E-state index in [0.717, 1.165) is 37.8 Å². The van der Waals surface area contributed by atoms with Crippen molar-refractivity contribution in [1.82, 2.24) is 14.4 Å². The van der Waals surface area contributed by atoms with Gasteiger partial charge < -0.3 is 14.6 Å². The summed E-state index contributed by atoms with van der Waals surface area (Å²) in [4.78, 5) is 13.5. The van der Waals surface area contributed by atoms with Gasteiger partial charge in [-0.15, -0.1) is 0 Å². The van der Waals surface area contributed by atoms with E-state index in [1.165, 1.54) is 5.69 Å². The number of carbonyl (C=O) groups excluding carboxylic acids is 1. The molecule has 0 saturated carbocycles. The van der Waals surface area contributed by atoms with E-state index in [0.29, 0.717) is 31.0 Å². The molecule has 1 N–H and O–H groups in total. The van der Waals surface area contributed by atoms with Crippen LogP contribution in [0.5, 0.6) is 5.75 Å². The molecular formula is C34H33N4O2+. The first-order valence-electron chi connectivity index (χ1n) is 13.3. The van der Waals surface area contributed by atoms with E-state index in [4.69, 9.17) is 4.74 Å². The highest BCUT2D eigenvalue weighted by Gasteiger charge is 2.17. The van der Waals surface area contributed by atoms with Crippen molar-refractivity contribution in [2.24, 2.45) is 0 Å². The molecule has 0 radical (unpaired) electrons. The molecule has 0 aliphatic rings. The monoisotopic (exact) mass is 529 g/mol. The molecule has 0 unspecified atom stereocenters. The van der Waals surface area contributed by atoms with Crippen LogP contribution in [0.2, 0.25) is 0 Å². The van der Waals surface area contributed by atoms with Gasteiger partial charge in [0.05, 0.1) is 32.8 Å². The van der Waals surface area contributed by atoms with Gasteiger partial charge in [0.1, 0.15) is 23.7 Å². The van der Waals surface area contributed by atoms with Gasteiger partial charge in [-0.25, -0.2) is 0 Å². The lowest BCUT2D eigenvalue weighted by Crippen LogP contribution is -2.34. The number of carbonyl (C=O) groups is 1. The van der Waals surface area contributed by atoms with Crippen molar-refractivity contribution in [1.29, 1.82) is 5.26 Å². The summed E-state index contributed by atoms with van der Waals surface area (Å²) >= 11 is 0. The summed E-state index contributed by atoms with van der Waals surface area (Å²) in [6.45, 7) is 1.35. The Balaban J connectivity index is 1.41. The van der Waals surface area contributed by atoms with Gasteiger partial charge in [-0.2, -0.15) is 5.26 Å². The first-order chi connectivity index (χ1) is 19.3. The number of hydrogen-bond donors (Lipinski definition) is 1. The summed E-state index contributed by atoms with van der Waals surface area (Å²) in [6.07, 6.45) is 0. The van der Waals surface area contributed by atoms with Crippen LogP contribution in [-0.4, -0.2) is 31.6 Å². The van der Waals surface area contributed by atoms with Crippen LogP contribution in [0.25, 0.3) is 10.9 Å². The number of amides is 1. The van der Waals surface area contributed by atoms with Crippen LogP contribution in [0.15, 0.2) is 103 Å². The lowest BCUT2D eigenvalue weighted by atomic mass is 10.1. The first kappa shape index (κ1) is 26.7. The zero-order valence-electron chi connectivity index (χ0n) is 23.1. The van der Waals surface area contributed by atoms with E-state index in [-0.39, 0.29) is 5.91 Å². The zero-order valence-corrected chi connectivity index (χ0v) is 23.1. The van der Waals surface area contributed by atoms with Crippen LogP contribution >= 0.6 is 0 Å². The number of fused-ring (bicyclic) bond motifs is 1. The molecule has 0 saturated heterocycles. The predicted octanol–water partition coefficient (Wildman–Crippen LogP) is 6.27. The van der Waals surface area contributed by atoms with Gasteiger partial charge in [-0.05, 0) is 65.2 Å². The minimum atomic E-state index is -0.157. The van der Waals surface area contributed by atoms with E-state index < -0.39 is 0 Å². The summed E-state index contributed by atoms with van der Waals surface area (Å²) in [5, 5.41) is 13.4. The van der Waals surface area contributed by atoms with Gasteiger partial charge in [0, 0.05) is 24.0 Å². The maximum absolute atomic E-state index is 13.5. The second-order valence-corrected chi connectivity index (χ2v) is 10.8. The Kier molecular flexibility index (Phi) is 7.68. The van der Waals surface area contributed by atoms with Crippen molar-refractivity contribution >= 4 is 22.5 Å². The summed E-state index contributed by atoms with van der Waals surface area (Å²) < 4.78 is 8.79. The van der Waals surface area contributed by atoms with Crippen molar-refractivity contribution in [2.75, 3.05) is 21.1 Å². The maximum Gasteiger partial charge on any atom is 0.268 e. The standard InChI is InChI=1S/C34H32N4O2/c1-38(2,3)30-14-12-25(13-15-30)22-36-34(39)33-20-29-19-31(40-24-26-8-5-4-6-9-26)16-17-32(29)37(33)23-28-11-7-10-27(18-28)21-35/h4-20H,22-24H2,1-3H3/p+1. The Bertz CT molecular complexity index is 1670. The summed E-state index contributed by atoms with van der Waals surface area (Å²) in [5.41, 5.74) is 6.34. The fourth-order valence-corrected chi connectivity index (χ4v) is 4.69. The third kappa shape index (κ3) is 6.23. The number of nitrogens with one attached hydrogen (secondary N) is 1. The van der Waals surface area contributed by atoms with Crippen molar-refractivity contribution in [3.05, 3.63) is 131 Å². The topological polar surface area (TPSA) is 67.0 Å². The van der Waals surface area contributed by atoms with Crippen molar-refractivity contribution in [3.8, 4) is 11.8 Å². The lowest BCUT2D eigenvalue weighted by molar-refractivity contribution is 0.0942. The maximum atomic E-state index is 13.5. The smallest absolute Gasteiger partial charge is 0.268 e. The number of nitrogens with zero attached hydrogens (tertiary/aromatic N) is 3. The number of hydrogen-bond acceptors (Lipinski definition) is 3. The Labute approximate surface area is 235 Å². The van der Waals surface area contributed by atoms with Crippen LogP contribution < -0.4 is 14.5 Å². The molecule has 4 aromatic carbocycles. The Hall–Kier alpha value is -4.86. The molecule has 0 spiro atoms. The van der Waals surface area contributed by atoms with E-state index in [9.17, 15) is 10.1 Å². The molecule has 6 nitrogen and oxygen atoms in total. The van der Waals surface area contributed by atoms with Gasteiger partial charge in [-0.1, -0.05) is 54.6 Å². The van der Waals surface area contributed by atoms with Gasteiger partial charge in [-0.3, -0.25) is 9.28 Å². The number of quaternary nitrogens is 1. The lowest BCUT2D eigenvalue weighted by Gasteiger charge is -2.23. The Morgan fingerprint density at radius 2 is 1.60 bits per heavy atom. The molecule has 1 heterocycles. The molecule has 6 heteroatoms. The molecule has 0 aliphatic carbocycles. The van der Waals surface area contributed by atoms with Crippen molar-refractivity contribution in [3.63, 3.8) is 0 Å². The number of nitriles is 1. The van der Waals surface area contributed by atoms with E-state index in [1.54, 1.807) is 6.07 Å². The average Bonchev–Trinajstić information content (AvgIpc) is 3.32. The first-order valence-corrected chi connectivity index (χ1v) is 13.3. The number of benzene rings is 4. The molecule has 0 fully saturated rings. The van der Waals surface area contributed by atoms with Crippen LogP contribution in [-0.2, 0) is 19.7 Å². The molecule has 0 atom stereocenters. The number of aromatic nitrogens is 1. The summed E-state index contributed by atoms with van der Waals surface area (Å²) in [7, 11) is 6.38.